The summed E-state index contributed by atoms with van der Waals surface area (Å²) >= 11 is 6.43. The summed E-state index contributed by atoms with van der Waals surface area (Å²) < 4.78 is 21.6. The topological polar surface area (TPSA) is 226 Å². The van der Waals surface area contributed by atoms with Gasteiger partial charge in [-0.15, -0.1) is 20.3 Å². The molecule has 0 aliphatic carbocycles. The van der Waals surface area contributed by atoms with Gasteiger partial charge in [0.15, 0.2) is 23.0 Å². The lowest BCUT2D eigenvalue weighted by atomic mass is 9.98. The van der Waals surface area contributed by atoms with Gasteiger partial charge in [-0.3, -0.25) is 4.79 Å². The molecule has 1 unspecified atom stereocenters. The van der Waals surface area contributed by atoms with Crippen molar-refractivity contribution in [1.29, 1.82) is 0 Å². The number of carbonyl (C=O) groups excluding carboxylic acids is 3. The third-order valence-corrected chi connectivity index (χ3v) is 8.06. The van der Waals surface area contributed by atoms with E-state index in [0.29, 0.717) is 59.2 Å². The summed E-state index contributed by atoms with van der Waals surface area (Å²) in [5, 5.41) is 14.3. The molecule has 1 atom stereocenters. The van der Waals surface area contributed by atoms with Gasteiger partial charge in [0.2, 0.25) is 0 Å². The van der Waals surface area contributed by atoms with E-state index in [-0.39, 0.29) is 29.9 Å². The maximum atomic E-state index is 13.0. The van der Waals surface area contributed by atoms with E-state index in [0.717, 1.165) is 24.0 Å². The van der Waals surface area contributed by atoms with Crippen LogP contribution in [0.1, 0.15) is 72.2 Å². The van der Waals surface area contributed by atoms with E-state index >= 15 is 0 Å². The minimum atomic E-state index is -1.00. The lowest BCUT2D eigenvalue weighted by molar-refractivity contribution is -0.763. The molecule has 0 saturated heterocycles. The molecule has 1 amide bonds. The zero-order chi connectivity index (χ0) is 40.3. The van der Waals surface area contributed by atoms with Crippen LogP contribution in [0.25, 0.3) is 11.1 Å². The highest BCUT2D eigenvalue weighted by atomic mass is 35.5. The Hall–Kier alpha value is -6.04. The van der Waals surface area contributed by atoms with Crippen LogP contribution in [0.2, 0.25) is 5.15 Å². The molecule has 294 valence electrons. The number of carbonyl (C=O) groups is 3. The average Bonchev–Trinajstić information content (AvgIpc) is 3.49. The van der Waals surface area contributed by atoms with Crippen molar-refractivity contribution in [2.75, 3.05) is 13.7 Å². The van der Waals surface area contributed by atoms with Gasteiger partial charge in [0, 0.05) is 25.6 Å². The number of aromatic nitrogens is 2. The number of esters is 1. The van der Waals surface area contributed by atoms with Crippen LogP contribution in [0, 0.1) is 10.1 Å². The van der Waals surface area contributed by atoms with Crippen LogP contribution in [0.15, 0.2) is 77.9 Å². The third-order valence-electron chi connectivity index (χ3n) is 7.80. The summed E-state index contributed by atoms with van der Waals surface area (Å²) in [7, 11) is 1.44. The van der Waals surface area contributed by atoms with Gasteiger partial charge in [0.25, 0.3) is 11.6 Å². The van der Waals surface area contributed by atoms with E-state index in [1.165, 1.54) is 7.11 Å². The second-order valence-corrected chi connectivity index (χ2v) is 11.9. The molecule has 0 fully saturated rings. The van der Waals surface area contributed by atoms with Crippen molar-refractivity contribution < 1.29 is 43.3 Å². The molecule has 4 aromatic rings. The van der Waals surface area contributed by atoms with Crippen molar-refractivity contribution in [3.8, 4) is 11.1 Å². The quantitative estimate of drug-likeness (QED) is 0.0117. The molecule has 1 heterocycles. The number of hydrazone groups is 1. The van der Waals surface area contributed by atoms with E-state index in [1.54, 1.807) is 54.8 Å². The van der Waals surface area contributed by atoms with Crippen LogP contribution in [0.4, 0.5) is 4.79 Å². The summed E-state index contributed by atoms with van der Waals surface area (Å²) in [5.41, 5.74) is 10.3. The highest BCUT2D eigenvalue weighted by Gasteiger charge is 2.25. The van der Waals surface area contributed by atoms with Crippen LogP contribution >= 0.6 is 11.6 Å². The predicted molar refractivity (Wildman–Crippen MR) is 202 cm³/mol. The van der Waals surface area contributed by atoms with Crippen molar-refractivity contribution >= 4 is 36.0 Å². The van der Waals surface area contributed by atoms with Crippen molar-refractivity contribution in [3.05, 3.63) is 122 Å². The fourth-order valence-electron chi connectivity index (χ4n) is 4.99. The fraction of sp³-hybridized carbons (Fsp3) is 0.324. The van der Waals surface area contributed by atoms with Crippen LogP contribution in [-0.4, -0.2) is 64.1 Å². The number of rotatable bonds is 18. The molecule has 55 heavy (non-hydrogen) atoms. The second kappa shape index (κ2) is 22.2. The van der Waals surface area contributed by atoms with E-state index in [1.807, 2.05) is 36.4 Å². The number of aryl methyl sites for hydroxylation is 1. The van der Waals surface area contributed by atoms with Crippen LogP contribution in [-0.2, 0) is 54.8 Å². The molecule has 4 rings (SSSR count). The Morgan fingerprint density at radius 2 is 1.71 bits per heavy atom. The third kappa shape index (κ3) is 13.1. The molecule has 3 aromatic carbocycles. The smallest absolute Gasteiger partial charge is 0.445 e. The predicted octanol–water partition coefficient (Wildman–Crippen LogP) is 5.76. The maximum Gasteiger partial charge on any atom is 0.445 e. The maximum absolute atomic E-state index is 13.0. The Bertz CT molecular complexity index is 1920. The number of ether oxygens (including phenoxy) is 4. The molecular weight excluding hydrogens is 738 g/mol. The number of amides is 1. The number of hydrogen-bond donors (Lipinski definition) is 2. The lowest BCUT2D eigenvalue weighted by Gasteiger charge is -2.16. The van der Waals surface area contributed by atoms with Gasteiger partial charge in [-0.2, -0.15) is 0 Å². The normalized spacial score (nSPS) is 11.4. The molecule has 4 N–H and O–H groups in total. The van der Waals surface area contributed by atoms with E-state index < -0.39 is 23.4 Å². The van der Waals surface area contributed by atoms with Gasteiger partial charge < -0.3 is 34.1 Å². The number of imidazole rings is 1. The van der Waals surface area contributed by atoms with Gasteiger partial charge >= 0.3 is 12.1 Å². The first kappa shape index (κ1) is 43.4. The largest absolute Gasteiger partial charge is 0.468 e. The van der Waals surface area contributed by atoms with E-state index in [9.17, 15) is 24.5 Å². The molecule has 0 radical (unpaired) electrons. The standard InChI is InChI=1S/C34H38ClN7O8.C3H6O2/c1-4-5-14-29-38-31(35)30(33(43)50-22(2)47-3)40(29)19-23-15-17-24(18-16-23)27-12-8-9-13-28(27)32(36)39-41(37)34(44)48-20-25-10-6-7-11-26(25)21-49-42(45)46;1-2-5-3-4/h6-13,15-18,22H,4-5,14,19-21,37H2,1-3H3,(H2,36,39);3H,2H2,1H3. The Labute approximate surface area is 322 Å². The molecule has 18 heteroatoms. The van der Waals surface area contributed by atoms with E-state index in [4.69, 9.17) is 37.4 Å². The van der Waals surface area contributed by atoms with E-state index in [2.05, 4.69) is 26.6 Å². The minimum absolute atomic E-state index is 0.0500. The number of unbranched alkanes of at least 4 members (excludes halogenated alkanes) is 1. The Kier molecular flexibility index (Phi) is 17.5. The minimum Gasteiger partial charge on any atom is -0.468 e. The number of nitrogens with two attached hydrogens (primary N) is 2. The Balaban J connectivity index is 0.00000152. The molecule has 0 spiro atoms. The molecular formula is C37H44ClN7O10. The summed E-state index contributed by atoms with van der Waals surface area (Å²) in [4.78, 5) is 54.3. The first-order valence-corrected chi connectivity index (χ1v) is 17.4. The number of nitrogens with zero attached hydrogens (tertiary/aromatic N) is 5. The summed E-state index contributed by atoms with van der Waals surface area (Å²) in [6.07, 6.45) is 0.665. The summed E-state index contributed by atoms with van der Waals surface area (Å²) in [5.74, 6) is 5.86. The van der Waals surface area contributed by atoms with Crippen molar-refractivity contribution in [1.82, 2.24) is 14.7 Å². The Morgan fingerprint density at radius 3 is 2.31 bits per heavy atom. The average molecular weight is 782 g/mol. The molecule has 1 aromatic heterocycles. The van der Waals surface area contributed by atoms with Gasteiger partial charge in [-0.1, -0.05) is 97.7 Å². The SMILES string of the molecule is CCCCc1nc(Cl)c(C(=O)OC(C)OC)n1Cc1ccc(-c2ccccc2/C(N)=N/N(N)C(=O)OCc2ccccc2CO[N+](=O)[O-])cc1.CCOC=O. The van der Waals surface area contributed by atoms with Crippen LogP contribution in [0.5, 0.6) is 0 Å². The van der Waals surface area contributed by atoms with Gasteiger partial charge in [-0.25, -0.2) is 20.4 Å². The fourth-order valence-corrected chi connectivity index (χ4v) is 5.27. The van der Waals surface area contributed by atoms with Gasteiger partial charge in [0.05, 0.1) is 6.61 Å². The number of benzene rings is 3. The number of hydrogen-bond acceptors (Lipinski definition) is 13. The summed E-state index contributed by atoms with van der Waals surface area (Å²) in [6, 6.07) is 21.4. The second-order valence-electron chi connectivity index (χ2n) is 11.5. The number of halogens is 1. The highest BCUT2D eigenvalue weighted by molar-refractivity contribution is 6.32. The van der Waals surface area contributed by atoms with Crippen molar-refractivity contribution in [3.63, 3.8) is 0 Å². The zero-order valence-electron chi connectivity index (χ0n) is 30.9. The zero-order valence-corrected chi connectivity index (χ0v) is 31.6. The highest BCUT2D eigenvalue weighted by Crippen LogP contribution is 2.26. The van der Waals surface area contributed by atoms with Crippen LogP contribution < -0.4 is 11.6 Å². The van der Waals surface area contributed by atoms with Crippen LogP contribution in [0.3, 0.4) is 0 Å². The van der Waals surface area contributed by atoms with Gasteiger partial charge in [0.1, 0.15) is 19.0 Å². The van der Waals surface area contributed by atoms with Gasteiger partial charge in [-0.05, 0) is 48.1 Å². The first-order chi connectivity index (χ1) is 26.4. The molecule has 0 aliphatic heterocycles. The number of methoxy groups -OCH3 is 1. The molecule has 0 aliphatic rings. The molecule has 17 nitrogen and oxygen atoms in total. The monoisotopic (exact) mass is 781 g/mol. The molecule has 0 saturated carbocycles. The summed E-state index contributed by atoms with van der Waals surface area (Å²) in [6.45, 7) is 6.11. The number of hydrazine groups is 1. The number of amidine groups is 1. The molecule has 0 bridgehead atoms. The van der Waals surface area contributed by atoms with Crippen molar-refractivity contribution in [2.24, 2.45) is 16.7 Å². The lowest BCUT2D eigenvalue weighted by Crippen LogP contribution is -2.35. The first-order valence-electron chi connectivity index (χ1n) is 17.1. The Morgan fingerprint density at radius 1 is 1.05 bits per heavy atom. The van der Waals surface area contributed by atoms with Crippen molar-refractivity contribution in [2.45, 2.75) is 66.1 Å².